The Bertz CT molecular complexity index is 1080. The predicted octanol–water partition coefficient (Wildman–Crippen LogP) is 4.10. The standard InChI is InChI=1S/C27H36N4O5S/c1-2-24-25(29-27(37-24)31(14-16-32)15-17-33)20-6-10-22(11-7-20)35-18-4-3-5-19-36-23-12-8-21(9-13-23)26(28)30-34/h6-13,32-34H,2-5,14-19H2,1H3,(H2,28,30). The van der Waals surface area contributed by atoms with Gasteiger partial charge >= 0.3 is 0 Å². The fraction of sp³-hybridized carbons (Fsp3) is 0.407. The molecule has 3 rings (SSSR count). The van der Waals surface area contributed by atoms with Crippen molar-refractivity contribution in [3.63, 3.8) is 0 Å². The number of hydrogen-bond donors (Lipinski definition) is 5. The second-order valence-electron chi connectivity index (χ2n) is 8.35. The molecule has 0 aliphatic heterocycles. The SMILES string of the molecule is CCc1sc(N(CCO)CCO)nc1-c1ccc(OCCCCCOc2ccc(C(=N)NO)cc2)cc1. The molecule has 9 nitrogen and oxygen atoms in total. The Morgan fingerprint density at radius 3 is 2.00 bits per heavy atom. The highest BCUT2D eigenvalue weighted by atomic mass is 32.1. The number of rotatable bonds is 16. The van der Waals surface area contributed by atoms with Crippen LogP contribution >= 0.6 is 11.3 Å². The van der Waals surface area contributed by atoms with Crippen molar-refractivity contribution in [3.8, 4) is 22.8 Å². The molecule has 0 aliphatic carbocycles. The molecular weight excluding hydrogens is 492 g/mol. The Morgan fingerprint density at radius 1 is 0.919 bits per heavy atom. The summed E-state index contributed by atoms with van der Waals surface area (Å²) in [5, 5.41) is 35.8. The van der Waals surface area contributed by atoms with E-state index in [1.165, 1.54) is 4.88 Å². The van der Waals surface area contributed by atoms with Gasteiger partial charge in [0.1, 0.15) is 17.3 Å². The summed E-state index contributed by atoms with van der Waals surface area (Å²) in [6.07, 6.45) is 3.67. The Kier molecular flexibility index (Phi) is 11.6. The molecule has 0 saturated carbocycles. The summed E-state index contributed by atoms with van der Waals surface area (Å²) in [7, 11) is 0. The van der Waals surface area contributed by atoms with E-state index in [1.54, 1.807) is 35.6 Å². The molecule has 0 fully saturated rings. The quantitative estimate of drug-likeness (QED) is 0.0813. The van der Waals surface area contributed by atoms with Gasteiger partial charge in [0, 0.05) is 29.1 Å². The van der Waals surface area contributed by atoms with Crippen LogP contribution in [0.1, 0.15) is 36.6 Å². The van der Waals surface area contributed by atoms with Crippen LogP contribution in [0.5, 0.6) is 11.5 Å². The van der Waals surface area contributed by atoms with E-state index in [-0.39, 0.29) is 19.0 Å². The molecule has 10 heteroatoms. The maximum atomic E-state index is 9.33. The molecule has 200 valence electrons. The van der Waals surface area contributed by atoms with Gasteiger partial charge in [0.2, 0.25) is 0 Å². The minimum absolute atomic E-state index is 0.0143. The summed E-state index contributed by atoms with van der Waals surface area (Å²) in [5.41, 5.74) is 4.37. The first kappa shape index (κ1) is 28.4. The molecule has 3 aromatic rings. The summed E-state index contributed by atoms with van der Waals surface area (Å²) in [5.74, 6) is 1.50. The Morgan fingerprint density at radius 2 is 1.49 bits per heavy atom. The molecule has 0 amide bonds. The monoisotopic (exact) mass is 528 g/mol. The molecule has 5 N–H and O–H groups in total. The van der Waals surface area contributed by atoms with Gasteiger partial charge in [-0.3, -0.25) is 16.1 Å². The number of hydrogen-bond acceptors (Lipinski definition) is 9. The van der Waals surface area contributed by atoms with E-state index in [2.05, 4.69) is 6.92 Å². The van der Waals surface area contributed by atoms with Crippen LogP contribution in [-0.2, 0) is 6.42 Å². The molecule has 0 spiro atoms. The lowest BCUT2D eigenvalue weighted by molar-refractivity contribution is 0.234. The van der Waals surface area contributed by atoms with Crippen LogP contribution in [0.3, 0.4) is 0 Å². The Labute approximate surface area is 221 Å². The maximum absolute atomic E-state index is 9.33. The van der Waals surface area contributed by atoms with E-state index in [9.17, 15) is 10.2 Å². The van der Waals surface area contributed by atoms with E-state index in [0.717, 1.165) is 53.6 Å². The van der Waals surface area contributed by atoms with Gasteiger partial charge in [0.15, 0.2) is 5.13 Å². The fourth-order valence-corrected chi connectivity index (χ4v) is 4.81. The lowest BCUT2D eigenvalue weighted by Crippen LogP contribution is -2.29. The van der Waals surface area contributed by atoms with Crippen LogP contribution in [0.15, 0.2) is 48.5 Å². The molecule has 0 bridgehead atoms. The molecule has 0 aliphatic rings. The summed E-state index contributed by atoms with van der Waals surface area (Å²) < 4.78 is 11.6. The number of hydroxylamine groups is 1. The van der Waals surface area contributed by atoms with Crippen LogP contribution in [0.4, 0.5) is 5.13 Å². The average molecular weight is 529 g/mol. The Balaban J connectivity index is 1.41. The number of thiazole rings is 1. The summed E-state index contributed by atoms with van der Waals surface area (Å²) in [6.45, 7) is 4.25. The van der Waals surface area contributed by atoms with Crippen molar-refractivity contribution in [1.82, 2.24) is 10.5 Å². The van der Waals surface area contributed by atoms with Gasteiger partial charge in [-0.05, 0) is 74.2 Å². The third-order valence-electron chi connectivity index (χ3n) is 5.73. The zero-order chi connectivity index (χ0) is 26.5. The number of aromatic nitrogens is 1. The Hall–Kier alpha value is -3.18. The smallest absolute Gasteiger partial charge is 0.186 e. The van der Waals surface area contributed by atoms with Gasteiger partial charge in [-0.15, -0.1) is 11.3 Å². The first-order valence-corrected chi connectivity index (χ1v) is 13.3. The largest absolute Gasteiger partial charge is 0.494 e. The first-order chi connectivity index (χ1) is 18.1. The van der Waals surface area contributed by atoms with Crippen LogP contribution in [0.25, 0.3) is 11.3 Å². The van der Waals surface area contributed by atoms with Gasteiger partial charge in [0.25, 0.3) is 0 Å². The number of nitrogens with zero attached hydrogens (tertiary/aromatic N) is 2. The minimum Gasteiger partial charge on any atom is -0.494 e. The number of anilines is 1. The highest BCUT2D eigenvalue weighted by Crippen LogP contribution is 2.34. The molecule has 37 heavy (non-hydrogen) atoms. The lowest BCUT2D eigenvalue weighted by atomic mass is 10.1. The van der Waals surface area contributed by atoms with Crippen molar-refractivity contribution >= 4 is 22.3 Å². The number of benzene rings is 2. The molecule has 2 aromatic carbocycles. The van der Waals surface area contributed by atoms with Gasteiger partial charge < -0.3 is 24.6 Å². The second-order valence-corrected chi connectivity index (χ2v) is 9.41. The predicted molar refractivity (Wildman–Crippen MR) is 146 cm³/mol. The van der Waals surface area contributed by atoms with Crippen LogP contribution < -0.4 is 19.9 Å². The first-order valence-electron chi connectivity index (χ1n) is 12.5. The van der Waals surface area contributed by atoms with Gasteiger partial charge in [-0.1, -0.05) is 6.92 Å². The number of aryl methyl sites for hydroxylation is 1. The lowest BCUT2D eigenvalue weighted by Gasteiger charge is -2.19. The number of aliphatic hydroxyl groups excluding tert-OH is 2. The topological polar surface area (TPSA) is 131 Å². The summed E-state index contributed by atoms with van der Waals surface area (Å²) >= 11 is 1.60. The zero-order valence-electron chi connectivity index (χ0n) is 21.2. The summed E-state index contributed by atoms with van der Waals surface area (Å²) in [6, 6.07) is 15.0. The van der Waals surface area contributed by atoms with E-state index in [0.29, 0.717) is 31.9 Å². The minimum atomic E-state index is -0.0519. The molecule has 0 saturated heterocycles. The van der Waals surface area contributed by atoms with Crippen molar-refractivity contribution in [3.05, 3.63) is 59.0 Å². The van der Waals surface area contributed by atoms with Crippen molar-refractivity contribution in [2.24, 2.45) is 0 Å². The van der Waals surface area contributed by atoms with E-state index >= 15 is 0 Å². The number of nitrogens with one attached hydrogen (secondary N) is 2. The number of unbranched alkanes of at least 4 members (excludes halogenated alkanes) is 2. The van der Waals surface area contributed by atoms with E-state index in [4.69, 9.17) is 25.1 Å². The van der Waals surface area contributed by atoms with Crippen LogP contribution in [0.2, 0.25) is 0 Å². The average Bonchev–Trinajstić information content (AvgIpc) is 3.37. The molecule has 0 radical (unpaired) electrons. The maximum Gasteiger partial charge on any atom is 0.186 e. The number of amidine groups is 1. The van der Waals surface area contributed by atoms with Crippen molar-refractivity contribution in [1.29, 1.82) is 5.41 Å². The van der Waals surface area contributed by atoms with Crippen molar-refractivity contribution < 1.29 is 24.9 Å². The molecular formula is C27H36N4O5S. The normalized spacial score (nSPS) is 10.8. The van der Waals surface area contributed by atoms with Crippen molar-refractivity contribution in [2.45, 2.75) is 32.6 Å². The van der Waals surface area contributed by atoms with E-state index in [1.807, 2.05) is 34.6 Å². The number of aliphatic hydroxyl groups is 2. The van der Waals surface area contributed by atoms with Crippen LogP contribution in [-0.4, -0.2) is 65.8 Å². The van der Waals surface area contributed by atoms with Gasteiger partial charge in [-0.25, -0.2) is 4.98 Å². The molecule has 0 unspecified atom stereocenters. The third kappa shape index (κ3) is 8.43. The zero-order valence-corrected chi connectivity index (χ0v) is 22.0. The third-order valence-corrected chi connectivity index (χ3v) is 6.99. The fourth-order valence-electron chi connectivity index (χ4n) is 3.74. The highest BCUT2D eigenvalue weighted by Gasteiger charge is 2.16. The molecule has 1 aromatic heterocycles. The summed E-state index contributed by atoms with van der Waals surface area (Å²) in [4.78, 5) is 7.89. The molecule has 1 heterocycles. The van der Waals surface area contributed by atoms with Crippen LogP contribution in [0, 0.1) is 5.41 Å². The highest BCUT2D eigenvalue weighted by molar-refractivity contribution is 7.16. The van der Waals surface area contributed by atoms with Gasteiger partial charge in [-0.2, -0.15) is 0 Å². The molecule has 0 atom stereocenters. The van der Waals surface area contributed by atoms with E-state index < -0.39 is 0 Å². The second kappa shape index (κ2) is 15.2. The number of ether oxygens (including phenoxy) is 2. The van der Waals surface area contributed by atoms with Crippen molar-refractivity contribution in [2.75, 3.05) is 44.4 Å². The van der Waals surface area contributed by atoms with Gasteiger partial charge in [0.05, 0.1) is 32.1 Å².